The van der Waals surface area contributed by atoms with Crippen molar-refractivity contribution >= 4 is 22.4 Å². The van der Waals surface area contributed by atoms with E-state index in [1.807, 2.05) is 24.3 Å². The maximum Gasteiger partial charge on any atom is 0.146 e. The van der Waals surface area contributed by atoms with Crippen LogP contribution in [0.4, 0.5) is 15.9 Å². The molecule has 204 valence electrons. The van der Waals surface area contributed by atoms with Crippen molar-refractivity contribution in [2.45, 2.75) is 44.3 Å². The van der Waals surface area contributed by atoms with Crippen LogP contribution >= 0.6 is 0 Å². The normalized spacial score (nSPS) is 20.9. The Bertz CT molecular complexity index is 1440. The summed E-state index contributed by atoms with van der Waals surface area (Å²) in [6.45, 7) is 5.02. The molecule has 39 heavy (non-hydrogen) atoms. The van der Waals surface area contributed by atoms with E-state index in [2.05, 4.69) is 31.8 Å². The molecule has 6 rings (SSSR count). The number of aromatic hydroxyl groups is 1. The molecule has 0 amide bonds. The van der Waals surface area contributed by atoms with Crippen molar-refractivity contribution in [2.24, 2.45) is 0 Å². The maximum atomic E-state index is 15.2. The van der Waals surface area contributed by atoms with E-state index in [9.17, 15) is 5.11 Å². The van der Waals surface area contributed by atoms with E-state index in [0.717, 1.165) is 68.3 Å². The molecule has 0 unspecified atom stereocenters. The summed E-state index contributed by atoms with van der Waals surface area (Å²) in [4.78, 5) is 9.39. The summed E-state index contributed by atoms with van der Waals surface area (Å²) >= 11 is 0. The molecular formula is C30H36FN7O. The Balaban J connectivity index is 1.22. The van der Waals surface area contributed by atoms with Crippen molar-refractivity contribution in [1.29, 1.82) is 0 Å². The molecule has 1 saturated carbocycles. The largest absolute Gasteiger partial charge is 0.508 e. The zero-order chi connectivity index (χ0) is 26.9. The minimum atomic E-state index is -0.357. The van der Waals surface area contributed by atoms with Crippen LogP contribution in [0.25, 0.3) is 22.2 Å². The van der Waals surface area contributed by atoms with E-state index in [1.54, 1.807) is 24.4 Å². The van der Waals surface area contributed by atoms with E-state index in [1.165, 1.54) is 6.07 Å². The SMILES string of the molecule is CN1CCN(C2CCC(n3nc(-c4ccc(NCc5ccc(O)cc5)c(F)c4)c4c(N)nccc43)CC2)CC1. The molecule has 1 aliphatic carbocycles. The minimum Gasteiger partial charge on any atom is -0.508 e. The lowest BCUT2D eigenvalue weighted by molar-refractivity contribution is 0.0816. The summed E-state index contributed by atoms with van der Waals surface area (Å²) in [5.41, 5.74) is 10.0. The number of nitrogen functional groups attached to an aromatic ring is 1. The number of fused-ring (bicyclic) bond motifs is 1. The molecule has 1 saturated heterocycles. The van der Waals surface area contributed by atoms with Gasteiger partial charge in [-0.05, 0) is 68.6 Å². The molecule has 4 aromatic rings. The van der Waals surface area contributed by atoms with Gasteiger partial charge in [-0.15, -0.1) is 0 Å². The molecule has 1 aliphatic heterocycles. The van der Waals surface area contributed by atoms with Gasteiger partial charge in [-0.2, -0.15) is 5.10 Å². The number of rotatable bonds is 6. The first-order valence-electron chi connectivity index (χ1n) is 13.8. The van der Waals surface area contributed by atoms with Crippen molar-refractivity contribution in [3.63, 3.8) is 0 Å². The molecule has 0 radical (unpaired) electrons. The Morgan fingerprint density at radius 2 is 1.69 bits per heavy atom. The lowest BCUT2D eigenvalue weighted by atomic mass is 9.89. The molecular weight excluding hydrogens is 493 g/mol. The number of piperazine rings is 1. The van der Waals surface area contributed by atoms with Gasteiger partial charge in [0.15, 0.2) is 0 Å². The van der Waals surface area contributed by atoms with Crippen LogP contribution in [0.1, 0.15) is 37.3 Å². The van der Waals surface area contributed by atoms with Gasteiger partial charge in [-0.1, -0.05) is 18.2 Å². The maximum absolute atomic E-state index is 15.2. The van der Waals surface area contributed by atoms with E-state index >= 15 is 4.39 Å². The molecule has 8 nitrogen and oxygen atoms in total. The molecule has 2 aliphatic rings. The number of phenols is 1. The topological polar surface area (TPSA) is 95.5 Å². The lowest BCUT2D eigenvalue weighted by Gasteiger charge is -2.41. The molecule has 9 heteroatoms. The summed E-state index contributed by atoms with van der Waals surface area (Å²) in [6, 6.07) is 14.9. The molecule has 3 heterocycles. The average molecular weight is 530 g/mol. The molecule has 2 aromatic heterocycles. The Morgan fingerprint density at radius 3 is 2.41 bits per heavy atom. The van der Waals surface area contributed by atoms with Crippen LogP contribution in [0.15, 0.2) is 54.7 Å². The number of hydrogen-bond acceptors (Lipinski definition) is 7. The zero-order valence-corrected chi connectivity index (χ0v) is 22.4. The third-order valence-corrected chi connectivity index (χ3v) is 8.38. The quantitative estimate of drug-likeness (QED) is 0.328. The number of pyridine rings is 1. The third-order valence-electron chi connectivity index (χ3n) is 8.38. The summed E-state index contributed by atoms with van der Waals surface area (Å²) in [5, 5.41) is 18.4. The van der Waals surface area contributed by atoms with Gasteiger partial charge in [-0.3, -0.25) is 9.58 Å². The van der Waals surface area contributed by atoms with Crippen LogP contribution in [-0.2, 0) is 6.54 Å². The Hall–Kier alpha value is -3.69. The fourth-order valence-electron chi connectivity index (χ4n) is 6.06. The van der Waals surface area contributed by atoms with E-state index < -0.39 is 0 Å². The van der Waals surface area contributed by atoms with Gasteiger partial charge in [-0.25, -0.2) is 9.37 Å². The van der Waals surface area contributed by atoms with E-state index in [-0.39, 0.29) is 17.6 Å². The smallest absolute Gasteiger partial charge is 0.146 e. The fourth-order valence-corrected chi connectivity index (χ4v) is 6.06. The van der Waals surface area contributed by atoms with Crippen molar-refractivity contribution < 1.29 is 9.50 Å². The Morgan fingerprint density at radius 1 is 0.974 bits per heavy atom. The Kier molecular flexibility index (Phi) is 7.10. The zero-order valence-electron chi connectivity index (χ0n) is 22.4. The number of aromatic nitrogens is 3. The first-order valence-corrected chi connectivity index (χ1v) is 13.8. The molecule has 0 spiro atoms. The number of likely N-dealkylation sites (N-methyl/N-ethyl adjacent to an activating group) is 1. The van der Waals surface area contributed by atoms with Gasteiger partial charge in [0.25, 0.3) is 0 Å². The molecule has 2 aromatic carbocycles. The average Bonchev–Trinajstić information content (AvgIpc) is 3.35. The van der Waals surface area contributed by atoms with Crippen molar-refractivity contribution in [3.05, 3.63) is 66.1 Å². The summed E-state index contributed by atoms with van der Waals surface area (Å²) in [5.74, 6) is 0.261. The van der Waals surface area contributed by atoms with Crippen LogP contribution in [0.5, 0.6) is 5.75 Å². The highest BCUT2D eigenvalue weighted by Crippen LogP contribution is 2.38. The van der Waals surface area contributed by atoms with Gasteiger partial charge in [0.1, 0.15) is 23.1 Å². The van der Waals surface area contributed by atoms with Gasteiger partial charge in [0.05, 0.1) is 22.6 Å². The van der Waals surface area contributed by atoms with E-state index in [4.69, 9.17) is 10.8 Å². The van der Waals surface area contributed by atoms with Gasteiger partial charge >= 0.3 is 0 Å². The standard InChI is InChI=1S/C30H36FN7O/c1-36-14-16-37(17-15-36)22-5-7-23(8-6-22)38-27-12-13-33-30(32)28(27)29(35-38)21-4-11-26(25(31)18-21)34-19-20-2-9-24(39)10-3-20/h2-4,9-13,18,22-23,34,39H,5-8,14-17,19H2,1H3,(H2,32,33). The summed E-state index contributed by atoms with van der Waals surface area (Å²) in [6.07, 6.45) is 6.16. The van der Waals surface area contributed by atoms with Gasteiger partial charge in [0, 0.05) is 50.5 Å². The minimum absolute atomic E-state index is 0.206. The van der Waals surface area contributed by atoms with Crippen LogP contribution < -0.4 is 11.1 Å². The first-order chi connectivity index (χ1) is 19.0. The molecule has 4 N–H and O–H groups in total. The molecule has 2 fully saturated rings. The highest BCUT2D eigenvalue weighted by molar-refractivity contribution is 6.00. The lowest BCUT2D eigenvalue weighted by Crippen LogP contribution is -2.49. The highest BCUT2D eigenvalue weighted by Gasteiger charge is 2.30. The summed E-state index contributed by atoms with van der Waals surface area (Å²) < 4.78 is 17.3. The fraction of sp³-hybridized carbons (Fsp3) is 0.400. The van der Waals surface area contributed by atoms with Gasteiger partial charge in [0.2, 0.25) is 0 Å². The van der Waals surface area contributed by atoms with Gasteiger partial charge < -0.3 is 21.1 Å². The second-order valence-electron chi connectivity index (χ2n) is 10.9. The van der Waals surface area contributed by atoms with Crippen LogP contribution in [0, 0.1) is 5.82 Å². The number of nitrogens with two attached hydrogens (primary N) is 1. The van der Waals surface area contributed by atoms with Crippen LogP contribution in [0.3, 0.4) is 0 Å². The predicted molar refractivity (Wildman–Crippen MR) is 153 cm³/mol. The number of phenolic OH excluding ortho intramolecular Hbond substituents is 1. The highest BCUT2D eigenvalue weighted by atomic mass is 19.1. The Labute approximate surface area is 228 Å². The third kappa shape index (κ3) is 5.29. The van der Waals surface area contributed by atoms with Crippen LogP contribution in [-0.4, -0.2) is 68.9 Å². The van der Waals surface area contributed by atoms with E-state index in [0.29, 0.717) is 35.3 Å². The number of benzene rings is 2. The number of hydrogen-bond donors (Lipinski definition) is 3. The monoisotopic (exact) mass is 529 g/mol. The molecule has 0 bridgehead atoms. The summed E-state index contributed by atoms with van der Waals surface area (Å²) in [7, 11) is 2.20. The second kappa shape index (κ2) is 10.8. The first kappa shape index (κ1) is 25.6. The predicted octanol–water partition coefficient (Wildman–Crippen LogP) is 4.87. The second-order valence-corrected chi connectivity index (χ2v) is 10.9. The number of halogens is 1. The number of nitrogens with one attached hydrogen (secondary N) is 1. The molecule has 0 atom stereocenters. The van der Waals surface area contributed by atoms with Crippen molar-refractivity contribution in [3.8, 4) is 17.0 Å². The van der Waals surface area contributed by atoms with Crippen molar-refractivity contribution in [1.82, 2.24) is 24.6 Å². The van der Waals surface area contributed by atoms with Crippen LogP contribution in [0.2, 0.25) is 0 Å². The van der Waals surface area contributed by atoms with Crippen molar-refractivity contribution in [2.75, 3.05) is 44.3 Å². The number of anilines is 2. The number of nitrogens with zero attached hydrogens (tertiary/aromatic N) is 5.